The summed E-state index contributed by atoms with van der Waals surface area (Å²) in [6, 6.07) is 8.10. The maximum absolute atomic E-state index is 6.03. The monoisotopic (exact) mass is 285 g/mol. The molecule has 0 aliphatic rings. The quantitative estimate of drug-likeness (QED) is 0.777. The molecule has 1 unspecified atom stereocenters. The van der Waals surface area contributed by atoms with E-state index in [1.54, 1.807) is 0 Å². The van der Waals surface area contributed by atoms with Crippen molar-refractivity contribution in [3.05, 3.63) is 29.3 Å². The lowest BCUT2D eigenvalue weighted by Crippen LogP contribution is -2.41. The predicted molar refractivity (Wildman–Crippen MR) is 83.7 cm³/mol. The molecule has 102 valence electrons. The highest BCUT2D eigenvalue weighted by molar-refractivity contribution is 8.00. The minimum atomic E-state index is 0.169. The van der Waals surface area contributed by atoms with Crippen LogP contribution in [0.5, 0.6) is 0 Å². The van der Waals surface area contributed by atoms with Crippen molar-refractivity contribution >= 4 is 23.4 Å². The van der Waals surface area contributed by atoms with E-state index in [1.807, 2.05) is 30.0 Å². The second-order valence-corrected chi connectivity index (χ2v) is 7.74. The molecule has 3 heteroatoms. The number of hydrogen-bond donors (Lipinski definition) is 1. The van der Waals surface area contributed by atoms with E-state index in [1.165, 1.54) is 4.90 Å². The summed E-state index contributed by atoms with van der Waals surface area (Å²) >= 11 is 7.93. The molecule has 0 aliphatic heterocycles. The second-order valence-electron chi connectivity index (χ2n) is 5.99. The fourth-order valence-electron chi connectivity index (χ4n) is 1.54. The van der Waals surface area contributed by atoms with Gasteiger partial charge in [0.2, 0.25) is 0 Å². The number of benzene rings is 1. The summed E-state index contributed by atoms with van der Waals surface area (Å²) in [4.78, 5) is 1.25. The lowest BCUT2D eigenvalue weighted by molar-refractivity contribution is 0.408. The van der Waals surface area contributed by atoms with Crippen molar-refractivity contribution in [2.24, 2.45) is 5.92 Å². The molecule has 1 nitrogen and oxygen atoms in total. The highest BCUT2D eigenvalue weighted by atomic mass is 35.5. The first-order valence-electron chi connectivity index (χ1n) is 6.45. The van der Waals surface area contributed by atoms with Gasteiger partial charge in [0.05, 0.1) is 0 Å². The summed E-state index contributed by atoms with van der Waals surface area (Å²) in [6.45, 7) is 12.2. The van der Waals surface area contributed by atoms with Crippen molar-refractivity contribution in [1.82, 2.24) is 5.32 Å². The van der Waals surface area contributed by atoms with Gasteiger partial charge in [-0.3, -0.25) is 0 Å². The number of hydrogen-bond acceptors (Lipinski definition) is 2. The fourth-order valence-corrected chi connectivity index (χ4v) is 2.93. The molecule has 0 saturated carbocycles. The maximum Gasteiger partial charge on any atom is 0.0417 e. The highest BCUT2D eigenvalue weighted by Gasteiger charge is 2.18. The first-order valence-corrected chi connectivity index (χ1v) is 7.71. The third-order valence-corrected chi connectivity index (χ3v) is 4.44. The van der Waals surface area contributed by atoms with E-state index in [9.17, 15) is 0 Å². The molecular formula is C15H24ClNS. The van der Waals surface area contributed by atoms with E-state index < -0.39 is 0 Å². The summed E-state index contributed by atoms with van der Waals surface area (Å²) < 4.78 is 0. The number of nitrogens with one attached hydrogen (secondary N) is 1. The lowest BCUT2D eigenvalue weighted by atomic mass is 10.1. The predicted octanol–water partition coefficient (Wildman–Crippen LogP) is 4.84. The van der Waals surface area contributed by atoms with Crippen molar-refractivity contribution in [2.75, 3.05) is 6.54 Å². The molecule has 1 rings (SSSR count). The molecule has 0 aliphatic carbocycles. The molecule has 0 saturated heterocycles. The molecule has 0 fully saturated rings. The Morgan fingerprint density at radius 2 is 1.94 bits per heavy atom. The molecule has 1 atom stereocenters. The van der Waals surface area contributed by atoms with Crippen LogP contribution >= 0.6 is 23.4 Å². The molecular weight excluding hydrogens is 262 g/mol. The zero-order valence-electron chi connectivity index (χ0n) is 12.0. The molecule has 0 spiro atoms. The maximum atomic E-state index is 6.03. The van der Waals surface area contributed by atoms with Crippen molar-refractivity contribution in [1.29, 1.82) is 0 Å². The van der Waals surface area contributed by atoms with Gasteiger partial charge < -0.3 is 5.32 Å². The van der Waals surface area contributed by atoms with Crippen LogP contribution in [0.4, 0.5) is 0 Å². The van der Waals surface area contributed by atoms with Crippen LogP contribution in [-0.4, -0.2) is 17.3 Å². The molecule has 1 aromatic carbocycles. The highest BCUT2D eigenvalue weighted by Crippen LogP contribution is 2.29. The minimum absolute atomic E-state index is 0.169. The zero-order valence-corrected chi connectivity index (χ0v) is 13.5. The Morgan fingerprint density at radius 1 is 1.28 bits per heavy atom. The van der Waals surface area contributed by atoms with Crippen LogP contribution in [-0.2, 0) is 0 Å². The Labute approximate surface area is 121 Å². The molecule has 1 aromatic rings. The van der Waals surface area contributed by atoms with Gasteiger partial charge in [-0.2, -0.15) is 0 Å². The number of rotatable bonds is 5. The number of thioether (sulfide) groups is 1. The van der Waals surface area contributed by atoms with Crippen LogP contribution in [0.25, 0.3) is 0 Å². The van der Waals surface area contributed by atoms with Crippen molar-refractivity contribution in [2.45, 2.75) is 50.3 Å². The third-order valence-electron chi connectivity index (χ3n) is 2.66. The van der Waals surface area contributed by atoms with Gasteiger partial charge in [-0.1, -0.05) is 31.5 Å². The second kappa shape index (κ2) is 6.83. The average Bonchev–Trinajstić information content (AvgIpc) is 2.22. The van der Waals surface area contributed by atoms with E-state index in [0.29, 0.717) is 11.2 Å². The van der Waals surface area contributed by atoms with Crippen LogP contribution in [0.15, 0.2) is 29.2 Å². The van der Waals surface area contributed by atoms with Crippen molar-refractivity contribution in [3.63, 3.8) is 0 Å². The third kappa shape index (κ3) is 6.12. The van der Waals surface area contributed by atoms with Crippen molar-refractivity contribution in [3.8, 4) is 0 Å². The Hall–Kier alpha value is -0.180. The molecule has 0 radical (unpaired) electrons. The zero-order chi connectivity index (χ0) is 13.8. The van der Waals surface area contributed by atoms with E-state index >= 15 is 0 Å². The lowest BCUT2D eigenvalue weighted by Gasteiger charge is -2.27. The summed E-state index contributed by atoms with van der Waals surface area (Å²) in [7, 11) is 0. The summed E-state index contributed by atoms with van der Waals surface area (Å²) in [5, 5.41) is 4.95. The molecule has 1 N–H and O–H groups in total. The van der Waals surface area contributed by atoms with Gasteiger partial charge in [-0.05, 0) is 44.9 Å². The topological polar surface area (TPSA) is 12.0 Å². The molecule has 0 aromatic heterocycles. The Kier molecular flexibility index (Phi) is 6.03. The Bertz CT molecular complexity index is 371. The first-order chi connectivity index (χ1) is 8.28. The Balaban J connectivity index is 2.63. The van der Waals surface area contributed by atoms with Gasteiger partial charge in [0.25, 0.3) is 0 Å². The molecule has 18 heavy (non-hydrogen) atoms. The standard InChI is InChI=1S/C15H24ClNS/c1-11(2)14(10-17-15(3,4)5)18-13-8-6-7-12(16)9-13/h6-9,11,14,17H,10H2,1-5H3. The molecule has 0 bridgehead atoms. The number of halogens is 1. The van der Waals surface area contributed by atoms with Gasteiger partial charge in [-0.25, -0.2) is 0 Å². The van der Waals surface area contributed by atoms with E-state index in [-0.39, 0.29) is 5.54 Å². The molecule has 0 heterocycles. The van der Waals surface area contributed by atoms with Crippen molar-refractivity contribution < 1.29 is 0 Å². The van der Waals surface area contributed by atoms with Gasteiger partial charge in [0.1, 0.15) is 0 Å². The first kappa shape index (κ1) is 15.9. The van der Waals surface area contributed by atoms with Gasteiger partial charge >= 0.3 is 0 Å². The summed E-state index contributed by atoms with van der Waals surface area (Å²) in [5.74, 6) is 0.629. The SMILES string of the molecule is CC(C)C(CNC(C)(C)C)Sc1cccc(Cl)c1. The van der Waals surface area contributed by atoms with E-state index in [2.05, 4.69) is 46.0 Å². The van der Waals surface area contributed by atoms with Gasteiger partial charge in [0, 0.05) is 27.3 Å². The van der Waals surface area contributed by atoms with Gasteiger partial charge in [-0.15, -0.1) is 11.8 Å². The van der Waals surface area contributed by atoms with Crippen LogP contribution in [0.3, 0.4) is 0 Å². The van der Waals surface area contributed by atoms with Crippen LogP contribution in [0.2, 0.25) is 5.02 Å². The Morgan fingerprint density at radius 3 is 2.44 bits per heavy atom. The molecule has 0 amide bonds. The van der Waals surface area contributed by atoms with Crippen LogP contribution < -0.4 is 5.32 Å². The van der Waals surface area contributed by atoms with Crippen LogP contribution in [0.1, 0.15) is 34.6 Å². The largest absolute Gasteiger partial charge is 0.311 e. The van der Waals surface area contributed by atoms with Gasteiger partial charge in [0.15, 0.2) is 0 Å². The summed E-state index contributed by atoms with van der Waals surface area (Å²) in [6.07, 6.45) is 0. The van der Waals surface area contributed by atoms with E-state index in [4.69, 9.17) is 11.6 Å². The minimum Gasteiger partial charge on any atom is -0.311 e. The van der Waals surface area contributed by atoms with E-state index in [0.717, 1.165) is 11.6 Å². The smallest absolute Gasteiger partial charge is 0.0417 e. The average molecular weight is 286 g/mol. The summed E-state index contributed by atoms with van der Waals surface area (Å²) in [5.41, 5.74) is 0.169. The fraction of sp³-hybridized carbons (Fsp3) is 0.600. The van der Waals surface area contributed by atoms with Crippen LogP contribution in [0, 0.1) is 5.92 Å². The normalized spacial score (nSPS) is 13.9.